The Morgan fingerprint density at radius 2 is 1.92 bits per heavy atom. The van der Waals surface area contributed by atoms with Gasteiger partial charge in [-0.2, -0.15) is 5.26 Å². The molecule has 0 saturated carbocycles. The minimum Gasteiger partial charge on any atom is -0.337 e. The Bertz CT molecular complexity index is 235. The first kappa shape index (κ1) is 8.72. The second-order valence-electron chi connectivity index (χ2n) is 2.84. The molecule has 0 radical (unpaired) electrons. The lowest BCUT2D eigenvalue weighted by Crippen LogP contribution is -2.39. The summed E-state index contributed by atoms with van der Waals surface area (Å²) >= 11 is 0. The molecule has 1 rings (SSSR count). The molecule has 0 atom stereocenters. The maximum atomic E-state index is 11.2. The van der Waals surface area contributed by atoms with Crippen LogP contribution in [-0.2, 0) is 4.79 Å². The van der Waals surface area contributed by atoms with Gasteiger partial charge in [-0.05, 0) is 19.3 Å². The Kier molecular flexibility index (Phi) is 2.81. The molecule has 1 N–H and O–H groups in total. The summed E-state index contributed by atoms with van der Waals surface area (Å²) in [5.41, 5.74) is -0.447. The minimum absolute atomic E-state index is 0.419. The molecular formula is C8H11N3O. The molecule has 0 bridgehead atoms. The van der Waals surface area contributed by atoms with Gasteiger partial charge in [-0.25, -0.2) is 0 Å². The van der Waals surface area contributed by atoms with Gasteiger partial charge >= 0.3 is 0 Å². The molecule has 4 nitrogen and oxygen atoms in total. The smallest absolute Gasteiger partial charge is 0.282 e. The van der Waals surface area contributed by atoms with Gasteiger partial charge in [0.1, 0.15) is 6.07 Å². The van der Waals surface area contributed by atoms with Crippen LogP contribution in [0.1, 0.15) is 19.3 Å². The van der Waals surface area contributed by atoms with Crippen molar-refractivity contribution in [1.82, 2.24) is 4.90 Å². The summed E-state index contributed by atoms with van der Waals surface area (Å²) in [5, 5.41) is 15.3. The van der Waals surface area contributed by atoms with E-state index in [0.717, 1.165) is 19.3 Å². The first-order valence-electron chi connectivity index (χ1n) is 4.03. The van der Waals surface area contributed by atoms with Crippen molar-refractivity contribution in [2.45, 2.75) is 19.3 Å². The van der Waals surface area contributed by atoms with Crippen LogP contribution in [0, 0.1) is 16.7 Å². The largest absolute Gasteiger partial charge is 0.337 e. The molecule has 0 aromatic heterocycles. The highest BCUT2D eigenvalue weighted by Gasteiger charge is 2.19. The summed E-state index contributed by atoms with van der Waals surface area (Å²) in [6, 6.07) is 1.55. The Labute approximate surface area is 71.3 Å². The summed E-state index contributed by atoms with van der Waals surface area (Å²) in [6.45, 7) is 1.39. The topological polar surface area (TPSA) is 68.0 Å². The van der Waals surface area contributed by atoms with Crippen molar-refractivity contribution >= 4 is 11.6 Å². The zero-order valence-electron chi connectivity index (χ0n) is 6.84. The fourth-order valence-electron chi connectivity index (χ4n) is 1.30. The monoisotopic (exact) mass is 165 g/mol. The van der Waals surface area contributed by atoms with Crippen LogP contribution >= 0.6 is 0 Å². The van der Waals surface area contributed by atoms with E-state index < -0.39 is 11.6 Å². The first-order chi connectivity index (χ1) is 5.75. The molecule has 1 amide bonds. The van der Waals surface area contributed by atoms with Crippen LogP contribution in [0.2, 0.25) is 0 Å². The van der Waals surface area contributed by atoms with Gasteiger partial charge < -0.3 is 4.90 Å². The second kappa shape index (κ2) is 3.86. The van der Waals surface area contributed by atoms with Crippen molar-refractivity contribution in [3.05, 3.63) is 0 Å². The summed E-state index contributed by atoms with van der Waals surface area (Å²) in [6.07, 6.45) is 3.12. The number of likely N-dealkylation sites (tertiary alicyclic amines) is 1. The van der Waals surface area contributed by atoms with Gasteiger partial charge in [0.25, 0.3) is 5.91 Å². The fraction of sp³-hybridized carbons (Fsp3) is 0.625. The van der Waals surface area contributed by atoms with Crippen molar-refractivity contribution < 1.29 is 4.79 Å². The molecule has 1 aliphatic heterocycles. The number of carbonyl (C=O) groups is 1. The molecule has 4 heteroatoms. The maximum absolute atomic E-state index is 11.2. The van der Waals surface area contributed by atoms with Crippen LogP contribution in [0.4, 0.5) is 0 Å². The number of nitrogens with zero attached hydrogens (tertiary/aromatic N) is 2. The van der Waals surface area contributed by atoms with E-state index in [1.165, 1.54) is 0 Å². The van der Waals surface area contributed by atoms with Gasteiger partial charge in [0.05, 0.1) is 0 Å². The first-order valence-corrected chi connectivity index (χ1v) is 4.03. The van der Waals surface area contributed by atoms with Gasteiger partial charge in [-0.1, -0.05) is 0 Å². The molecule has 1 saturated heterocycles. The summed E-state index contributed by atoms with van der Waals surface area (Å²) < 4.78 is 0. The Morgan fingerprint density at radius 1 is 1.33 bits per heavy atom. The number of nitrogens with one attached hydrogen (secondary N) is 1. The third-order valence-corrected chi connectivity index (χ3v) is 1.97. The molecule has 1 heterocycles. The number of piperidine rings is 1. The summed E-state index contributed by atoms with van der Waals surface area (Å²) in [4.78, 5) is 12.8. The predicted molar refractivity (Wildman–Crippen MR) is 43.8 cm³/mol. The van der Waals surface area contributed by atoms with E-state index in [0.29, 0.717) is 13.1 Å². The number of hydrogen-bond acceptors (Lipinski definition) is 3. The highest BCUT2D eigenvalue weighted by molar-refractivity contribution is 6.43. The van der Waals surface area contributed by atoms with E-state index in [4.69, 9.17) is 10.7 Å². The molecule has 64 valence electrons. The minimum atomic E-state index is -0.447. The zero-order chi connectivity index (χ0) is 8.97. The standard InChI is InChI=1S/C8H11N3O/c9-6-7(10)8(12)11-4-2-1-3-5-11/h10H,1-5H2. The van der Waals surface area contributed by atoms with Crippen molar-refractivity contribution in [2.24, 2.45) is 0 Å². The average Bonchev–Trinajstić information content (AvgIpc) is 2.17. The van der Waals surface area contributed by atoms with E-state index in [2.05, 4.69) is 0 Å². The number of amides is 1. The summed E-state index contributed by atoms with van der Waals surface area (Å²) in [5.74, 6) is -0.419. The molecule has 12 heavy (non-hydrogen) atoms. The highest BCUT2D eigenvalue weighted by atomic mass is 16.2. The van der Waals surface area contributed by atoms with Crippen molar-refractivity contribution in [3.8, 4) is 6.07 Å². The van der Waals surface area contributed by atoms with Crippen molar-refractivity contribution in [2.75, 3.05) is 13.1 Å². The van der Waals surface area contributed by atoms with Gasteiger partial charge in [0.2, 0.25) is 0 Å². The van der Waals surface area contributed by atoms with Crippen molar-refractivity contribution in [3.63, 3.8) is 0 Å². The van der Waals surface area contributed by atoms with E-state index in [1.54, 1.807) is 11.0 Å². The fourth-order valence-corrected chi connectivity index (χ4v) is 1.30. The SMILES string of the molecule is N#CC(=N)C(=O)N1CCCCC1. The van der Waals surface area contributed by atoms with Crippen molar-refractivity contribution in [1.29, 1.82) is 10.7 Å². The van der Waals surface area contributed by atoms with Gasteiger partial charge in [-0.3, -0.25) is 10.2 Å². The Balaban J connectivity index is 2.52. The normalized spacial score (nSPS) is 16.8. The number of hydrogen-bond donors (Lipinski definition) is 1. The summed E-state index contributed by atoms with van der Waals surface area (Å²) in [7, 11) is 0. The lowest BCUT2D eigenvalue weighted by Gasteiger charge is -2.25. The lowest BCUT2D eigenvalue weighted by atomic mass is 10.1. The van der Waals surface area contributed by atoms with Crippen LogP contribution in [0.3, 0.4) is 0 Å². The molecule has 0 unspecified atom stereocenters. The lowest BCUT2D eigenvalue weighted by molar-refractivity contribution is -0.124. The van der Waals surface area contributed by atoms with Gasteiger partial charge in [0, 0.05) is 13.1 Å². The second-order valence-corrected chi connectivity index (χ2v) is 2.84. The maximum Gasteiger partial charge on any atom is 0.282 e. The van der Waals surface area contributed by atoms with Crippen LogP contribution < -0.4 is 0 Å². The third-order valence-electron chi connectivity index (χ3n) is 1.97. The number of carbonyl (C=O) groups excluding carboxylic acids is 1. The highest BCUT2D eigenvalue weighted by Crippen LogP contribution is 2.08. The number of nitriles is 1. The van der Waals surface area contributed by atoms with Crippen LogP contribution in [-0.4, -0.2) is 29.6 Å². The van der Waals surface area contributed by atoms with E-state index in [1.807, 2.05) is 0 Å². The predicted octanol–water partition coefficient (Wildman–Crippen LogP) is 0.542. The molecule has 0 aromatic rings. The number of rotatable bonds is 1. The van der Waals surface area contributed by atoms with E-state index >= 15 is 0 Å². The average molecular weight is 165 g/mol. The Morgan fingerprint density at radius 3 is 2.42 bits per heavy atom. The molecule has 0 spiro atoms. The van der Waals surface area contributed by atoms with E-state index in [-0.39, 0.29) is 0 Å². The zero-order valence-corrected chi connectivity index (χ0v) is 6.84. The molecule has 1 aliphatic rings. The van der Waals surface area contributed by atoms with Crippen LogP contribution in [0.15, 0.2) is 0 Å². The van der Waals surface area contributed by atoms with Gasteiger partial charge in [0.15, 0.2) is 5.71 Å². The molecular weight excluding hydrogens is 154 g/mol. The van der Waals surface area contributed by atoms with E-state index in [9.17, 15) is 4.79 Å². The molecule has 0 aliphatic carbocycles. The third kappa shape index (κ3) is 1.82. The molecule has 0 aromatic carbocycles. The van der Waals surface area contributed by atoms with Crippen LogP contribution in [0.5, 0.6) is 0 Å². The van der Waals surface area contributed by atoms with Crippen LogP contribution in [0.25, 0.3) is 0 Å². The van der Waals surface area contributed by atoms with Gasteiger partial charge in [-0.15, -0.1) is 0 Å². The quantitative estimate of drug-likeness (QED) is 0.576. The molecule has 1 fully saturated rings. The Hall–Kier alpha value is -1.37.